The SMILES string of the molecule is CC(C)(CN=[N+]=[N-])OC(=O)COc1ccccc1CC#N. The van der Waals surface area contributed by atoms with Gasteiger partial charge in [0.2, 0.25) is 0 Å². The predicted octanol–water partition coefficient (Wildman–Crippen LogP) is 2.76. The number of nitrogens with zero attached hydrogens (tertiary/aromatic N) is 4. The molecule has 0 saturated heterocycles. The minimum atomic E-state index is -0.890. The van der Waals surface area contributed by atoms with Crippen molar-refractivity contribution in [3.05, 3.63) is 40.3 Å². The molecule has 1 aromatic rings. The highest BCUT2D eigenvalue weighted by molar-refractivity contribution is 5.71. The van der Waals surface area contributed by atoms with Crippen molar-refractivity contribution in [3.8, 4) is 11.8 Å². The number of azide groups is 1. The van der Waals surface area contributed by atoms with Crippen LogP contribution in [-0.4, -0.2) is 24.7 Å². The Morgan fingerprint density at radius 3 is 2.86 bits per heavy atom. The van der Waals surface area contributed by atoms with E-state index in [1.54, 1.807) is 38.1 Å². The number of hydrogen-bond donors (Lipinski definition) is 0. The molecule has 0 atom stereocenters. The Kier molecular flexibility index (Phi) is 6.05. The van der Waals surface area contributed by atoms with Crippen LogP contribution >= 0.6 is 0 Å². The number of ether oxygens (including phenoxy) is 2. The van der Waals surface area contributed by atoms with E-state index in [1.165, 1.54) is 0 Å². The first-order valence-electron chi connectivity index (χ1n) is 6.29. The zero-order chi connectivity index (χ0) is 15.7. The molecule has 0 fully saturated rings. The Morgan fingerprint density at radius 1 is 1.48 bits per heavy atom. The van der Waals surface area contributed by atoms with Crippen LogP contribution in [-0.2, 0) is 16.0 Å². The molecule has 7 nitrogen and oxygen atoms in total. The van der Waals surface area contributed by atoms with Crippen molar-refractivity contribution in [2.24, 2.45) is 5.11 Å². The van der Waals surface area contributed by atoms with Crippen LogP contribution < -0.4 is 4.74 Å². The van der Waals surface area contributed by atoms with E-state index in [9.17, 15) is 4.79 Å². The summed E-state index contributed by atoms with van der Waals surface area (Å²) in [6.07, 6.45) is 0.202. The standard InChI is InChI=1S/C14H16N4O3/c1-14(2,10-17-18-16)21-13(19)9-20-12-6-4-3-5-11(12)7-8-15/h3-6H,7,9-10H2,1-2H3. The van der Waals surface area contributed by atoms with Gasteiger partial charge in [-0.3, -0.25) is 0 Å². The molecule has 0 heterocycles. The Bertz CT molecular complexity index is 586. The van der Waals surface area contributed by atoms with Crippen LogP contribution in [0.5, 0.6) is 5.75 Å². The third-order valence-corrected chi connectivity index (χ3v) is 2.49. The molecule has 0 aliphatic heterocycles. The molecule has 0 aliphatic carbocycles. The van der Waals surface area contributed by atoms with E-state index in [2.05, 4.69) is 10.0 Å². The van der Waals surface area contributed by atoms with Gasteiger partial charge in [0.15, 0.2) is 6.61 Å². The molecular formula is C14H16N4O3. The molecule has 1 aromatic carbocycles. The lowest BCUT2D eigenvalue weighted by molar-refractivity contribution is -0.157. The zero-order valence-corrected chi connectivity index (χ0v) is 11.9. The fourth-order valence-electron chi connectivity index (χ4n) is 1.58. The molecule has 0 aliphatic rings. The van der Waals surface area contributed by atoms with Crippen LogP contribution in [0.4, 0.5) is 0 Å². The highest BCUT2D eigenvalue weighted by Gasteiger charge is 2.22. The van der Waals surface area contributed by atoms with Gasteiger partial charge in [0.1, 0.15) is 11.4 Å². The number of rotatable bonds is 7. The van der Waals surface area contributed by atoms with E-state index in [1.807, 2.05) is 6.07 Å². The molecule has 1 rings (SSSR count). The second kappa shape index (κ2) is 7.78. The number of esters is 1. The lowest BCUT2D eigenvalue weighted by Gasteiger charge is -2.23. The van der Waals surface area contributed by atoms with Crippen molar-refractivity contribution in [2.45, 2.75) is 25.9 Å². The van der Waals surface area contributed by atoms with Gasteiger partial charge in [-0.1, -0.05) is 23.3 Å². The molecule has 0 saturated carbocycles. The van der Waals surface area contributed by atoms with Gasteiger partial charge < -0.3 is 9.47 Å². The highest BCUT2D eigenvalue weighted by Crippen LogP contribution is 2.18. The summed E-state index contributed by atoms with van der Waals surface area (Å²) in [7, 11) is 0. The van der Waals surface area contributed by atoms with Crippen molar-refractivity contribution >= 4 is 5.97 Å². The van der Waals surface area contributed by atoms with E-state index in [0.717, 1.165) is 0 Å². The Morgan fingerprint density at radius 2 is 2.19 bits per heavy atom. The Labute approximate surface area is 122 Å². The van der Waals surface area contributed by atoms with Crippen molar-refractivity contribution in [2.75, 3.05) is 13.2 Å². The smallest absolute Gasteiger partial charge is 0.344 e. The molecule has 0 N–H and O–H groups in total. The summed E-state index contributed by atoms with van der Waals surface area (Å²) in [5, 5.41) is 12.1. The lowest BCUT2D eigenvalue weighted by Crippen LogP contribution is -2.33. The van der Waals surface area contributed by atoms with Gasteiger partial charge in [-0.25, -0.2) is 4.79 Å². The van der Waals surface area contributed by atoms with Gasteiger partial charge in [0.25, 0.3) is 0 Å². The van der Waals surface area contributed by atoms with Crippen LogP contribution in [0.2, 0.25) is 0 Å². The van der Waals surface area contributed by atoms with Crippen molar-refractivity contribution in [1.29, 1.82) is 5.26 Å². The average Bonchev–Trinajstić information content (AvgIpc) is 2.44. The Hall–Kier alpha value is -2.71. The van der Waals surface area contributed by atoms with Crippen molar-refractivity contribution in [3.63, 3.8) is 0 Å². The molecule has 0 spiro atoms. The maximum Gasteiger partial charge on any atom is 0.344 e. The summed E-state index contributed by atoms with van der Waals surface area (Å²) in [5.74, 6) is -0.0937. The van der Waals surface area contributed by atoms with Crippen LogP contribution in [0.3, 0.4) is 0 Å². The predicted molar refractivity (Wildman–Crippen MR) is 75.4 cm³/mol. The second-order valence-electron chi connectivity index (χ2n) is 4.85. The molecule has 0 unspecified atom stereocenters. The first-order valence-corrected chi connectivity index (χ1v) is 6.29. The van der Waals surface area contributed by atoms with E-state index >= 15 is 0 Å². The summed E-state index contributed by atoms with van der Waals surface area (Å²) in [6.45, 7) is 3.05. The summed E-state index contributed by atoms with van der Waals surface area (Å²) in [5.41, 5.74) is 8.08. The maximum atomic E-state index is 11.7. The third-order valence-electron chi connectivity index (χ3n) is 2.49. The van der Waals surface area contributed by atoms with Gasteiger partial charge >= 0.3 is 5.97 Å². The number of para-hydroxylation sites is 1. The number of carbonyl (C=O) groups excluding carboxylic acids is 1. The number of nitriles is 1. The third kappa shape index (κ3) is 5.85. The lowest BCUT2D eigenvalue weighted by atomic mass is 10.1. The minimum absolute atomic E-state index is 0.0419. The zero-order valence-electron chi connectivity index (χ0n) is 11.9. The van der Waals surface area contributed by atoms with Crippen molar-refractivity contribution in [1.82, 2.24) is 0 Å². The quantitative estimate of drug-likeness (QED) is 0.332. The van der Waals surface area contributed by atoms with E-state index < -0.39 is 11.6 Å². The molecule has 0 bridgehead atoms. The van der Waals surface area contributed by atoms with Gasteiger partial charge in [-0.05, 0) is 25.4 Å². The van der Waals surface area contributed by atoms with E-state index in [4.69, 9.17) is 20.3 Å². The largest absolute Gasteiger partial charge is 0.482 e. The summed E-state index contributed by atoms with van der Waals surface area (Å²) in [4.78, 5) is 14.3. The normalized spacial score (nSPS) is 10.1. The number of hydrogen-bond acceptors (Lipinski definition) is 5. The summed E-state index contributed by atoms with van der Waals surface area (Å²) in [6, 6.07) is 9.03. The van der Waals surface area contributed by atoms with Gasteiger partial charge in [0, 0.05) is 10.5 Å². The van der Waals surface area contributed by atoms with Gasteiger partial charge in [0.05, 0.1) is 19.0 Å². The maximum absolute atomic E-state index is 11.7. The van der Waals surface area contributed by atoms with Crippen LogP contribution in [0.15, 0.2) is 29.4 Å². The fourth-order valence-corrected chi connectivity index (χ4v) is 1.58. The number of carbonyl (C=O) groups is 1. The van der Waals surface area contributed by atoms with Gasteiger partial charge in [-0.2, -0.15) is 5.26 Å². The van der Waals surface area contributed by atoms with Crippen LogP contribution in [0, 0.1) is 11.3 Å². The summed E-state index contributed by atoms with van der Waals surface area (Å²) >= 11 is 0. The van der Waals surface area contributed by atoms with Crippen LogP contribution in [0.25, 0.3) is 10.4 Å². The topological polar surface area (TPSA) is 108 Å². The molecule has 21 heavy (non-hydrogen) atoms. The first-order chi connectivity index (χ1) is 9.98. The monoisotopic (exact) mass is 288 g/mol. The molecule has 0 radical (unpaired) electrons. The number of benzene rings is 1. The van der Waals surface area contributed by atoms with Crippen molar-refractivity contribution < 1.29 is 14.3 Å². The molecule has 110 valence electrons. The molecule has 0 amide bonds. The minimum Gasteiger partial charge on any atom is -0.482 e. The first kappa shape index (κ1) is 16.3. The van der Waals surface area contributed by atoms with E-state index in [-0.39, 0.29) is 19.6 Å². The molecule has 7 heteroatoms. The van der Waals surface area contributed by atoms with Crippen LogP contribution in [0.1, 0.15) is 19.4 Å². The Balaban J connectivity index is 2.57. The molecular weight excluding hydrogens is 272 g/mol. The highest BCUT2D eigenvalue weighted by atomic mass is 16.6. The van der Waals surface area contributed by atoms with Gasteiger partial charge in [-0.15, -0.1) is 0 Å². The van der Waals surface area contributed by atoms with E-state index in [0.29, 0.717) is 11.3 Å². The molecule has 0 aromatic heterocycles. The average molecular weight is 288 g/mol. The second-order valence-corrected chi connectivity index (χ2v) is 4.85. The fraction of sp³-hybridized carbons (Fsp3) is 0.429. The summed E-state index contributed by atoms with van der Waals surface area (Å²) < 4.78 is 10.5.